The number of aliphatic carboxylic acids is 1. The van der Waals surface area contributed by atoms with Crippen molar-refractivity contribution in [2.45, 2.75) is 12.8 Å². The van der Waals surface area contributed by atoms with Gasteiger partial charge in [-0.25, -0.2) is 0 Å². The lowest BCUT2D eigenvalue weighted by atomic mass is 9.98. The molecule has 1 aromatic carbocycles. The smallest absolute Gasteiger partial charge is 0.308 e. The Labute approximate surface area is 155 Å². The van der Waals surface area contributed by atoms with Gasteiger partial charge in [0.1, 0.15) is 0 Å². The summed E-state index contributed by atoms with van der Waals surface area (Å²) >= 11 is 0. The van der Waals surface area contributed by atoms with Gasteiger partial charge in [0.05, 0.1) is 18.0 Å². The molecular weight excluding hydrogens is 350 g/mol. The number of aromatic nitrogens is 1. The van der Waals surface area contributed by atoms with Crippen LogP contribution in [0, 0.1) is 5.92 Å². The average molecular weight is 371 g/mol. The molecule has 3 rings (SSSR count). The Morgan fingerprint density at radius 2 is 2.04 bits per heavy atom. The van der Waals surface area contributed by atoms with Gasteiger partial charge < -0.3 is 19.9 Å². The molecule has 8 heteroatoms. The molecule has 1 unspecified atom stereocenters. The number of piperidine rings is 1. The van der Waals surface area contributed by atoms with Gasteiger partial charge in [0.25, 0.3) is 5.91 Å². The number of hydrogen-bond donors (Lipinski definition) is 2. The maximum absolute atomic E-state index is 12.8. The number of carboxylic acids is 1. The van der Waals surface area contributed by atoms with E-state index in [1.165, 1.54) is 22.9 Å². The number of hydrogen-bond acceptors (Lipinski definition) is 4. The summed E-state index contributed by atoms with van der Waals surface area (Å²) in [4.78, 5) is 53.7. The highest BCUT2D eigenvalue weighted by atomic mass is 16.4. The van der Waals surface area contributed by atoms with Gasteiger partial charge in [0.15, 0.2) is 0 Å². The molecule has 1 saturated heterocycles. The number of pyridine rings is 1. The van der Waals surface area contributed by atoms with Gasteiger partial charge in [-0.05, 0) is 18.9 Å². The molecule has 2 aromatic rings. The second-order valence-electron chi connectivity index (χ2n) is 6.77. The third kappa shape index (κ3) is 3.99. The van der Waals surface area contributed by atoms with E-state index in [2.05, 4.69) is 4.98 Å². The van der Waals surface area contributed by atoms with Crippen LogP contribution in [0.15, 0.2) is 35.1 Å². The minimum Gasteiger partial charge on any atom is -0.481 e. The number of aromatic amines is 1. The van der Waals surface area contributed by atoms with Crippen molar-refractivity contribution in [2.24, 2.45) is 5.92 Å². The zero-order valence-corrected chi connectivity index (χ0v) is 15.0. The van der Waals surface area contributed by atoms with Crippen molar-refractivity contribution in [3.8, 4) is 0 Å². The Balaban J connectivity index is 1.76. The van der Waals surface area contributed by atoms with Gasteiger partial charge in [0, 0.05) is 37.1 Å². The first-order valence-corrected chi connectivity index (χ1v) is 8.75. The summed E-state index contributed by atoms with van der Waals surface area (Å²) < 4.78 is 0. The Morgan fingerprint density at radius 3 is 2.78 bits per heavy atom. The van der Waals surface area contributed by atoms with Crippen LogP contribution in [0.5, 0.6) is 0 Å². The number of rotatable bonds is 4. The Morgan fingerprint density at radius 1 is 1.30 bits per heavy atom. The molecule has 1 aliphatic rings. The van der Waals surface area contributed by atoms with Crippen LogP contribution < -0.4 is 5.56 Å². The number of H-pyrrole nitrogens is 1. The number of likely N-dealkylation sites (N-methyl/N-ethyl adjacent to an activating group) is 1. The average Bonchev–Trinajstić information content (AvgIpc) is 2.66. The highest BCUT2D eigenvalue weighted by molar-refractivity contribution is 6.06. The van der Waals surface area contributed by atoms with Crippen LogP contribution in [0.25, 0.3) is 10.9 Å². The standard InChI is InChI=1S/C19H21N3O5/c1-21(11-17(24)22-8-4-5-12(10-22)19(26)27)18(25)14-9-16(23)20-15-7-3-2-6-13(14)15/h2-3,6-7,9,12H,4-5,8,10-11H2,1H3,(H,20,23)(H,26,27). The summed E-state index contributed by atoms with van der Waals surface area (Å²) in [5.74, 6) is -2.21. The Hall–Kier alpha value is -3.16. The van der Waals surface area contributed by atoms with E-state index in [1.807, 2.05) is 0 Å². The van der Waals surface area contributed by atoms with Crippen molar-refractivity contribution in [2.75, 3.05) is 26.7 Å². The van der Waals surface area contributed by atoms with Crippen molar-refractivity contribution in [1.29, 1.82) is 0 Å². The molecule has 27 heavy (non-hydrogen) atoms. The van der Waals surface area contributed by atoms with Crippen LogP contribution in [-0.4, -0.2) is 64.4 Å². The molecule has 142 valence electrons. The molecule has 0 bridgehead atoms. The lowest BCUT2D eigenvalue weighted by Gasteiger charge is -2.32. The fraction of sp³-hybridized carbons (Fsp3) is 0.368. The first-order chi connectivity index (χ1) is 12.9. The lowest BCUT2D eigenvalue weighted by molar-refractivity contribution is -0.145. The Kier molecular flexibility index (Phi) is 5.25. The molecule has 8 nitrogen and oxygen atoms in total. The van der Waals surface area contributed by atoms with E-state index >= 15 is 0 Å². The summed E-state index contributed by atoms with van der Waals surface area (Å²) in [6.45, 7) is 0.467. The fourth-order valence-corrected chi connectivity index (χ4v) is 3.37. The van der Waals surface area contributed by atoms with Gasteiger partial charge in [0.2, 0.25) is 11.5 Å². The minimum absolute atomic E-state index is 0.157. The number of nitrogens with one attached hydrogen (secondary N) is 1. The highest BCUT2D eigenvalue weighted by Gasteiger charge is 2.29. The predicted molar refractivity (Wildman–Crippen MR) is 98.5 cm³/mol. The SMILES string of the molecule is CN(CC(=O)N1CCCC(C(=O)O)C1)C(=O)c1cc(=O)[nH]c2ccccc12. The van der Waals surface area contributed by atoms with E-state index in [9.17, 15) is 19.2 Å². The minimum atomic E-state index is -0.910. The fourth-order valence-electron chi connectivity index (χ4n) is 3.37. The Bertz CT molecular complexity index is 952. The number of carbonyl (C=O) groups excluding carboxylic acids is 2. The molecule has 0 spiro atoms. The molecular formula is C19H21N3O5. The van der Waals surface area contributed by atoms with Crippen LogP contribution in [0.1, 0.15) is 23.2 Å². The summed E-state index contributed by atoms with van der Waals surface area (Å²) in [7, 11) is 1.49. The summed E-state index contributed by atoms with van der Waals surface area (Å²) in [5, 5.41) is 9.75. The molecule has 0 saturated carbocycles. The summed E-state index contributed by atoms with van der Waals surface area (Å²) in [5.41, 5.74) is 0.386. The molecule has 1 aromatic heterocycles. The van der Waals surface area contributed by atoms with E-state index in [0.717, 1.165) is 0 Å². The van der Waals surface area contributed by atoms with Crippen LogP contribution >= 0.6 is 0 Å². The summed E-state index contributed by atoms with van der Waals surface area (Å²) in [6.07, 6.45) is 1.17. The normalized spacial score (nSPS) is 16.9. The molecule has 2 N–H and O–H groups in total. The van der Waals surface area contributed by atoms with Crippen LogP contribution in [-0.2, 0) is 9.59 Å². The zero-order chi connectivity index (χ0) is 19.6. The van der Waals surface area contributed by atoms with E-state index in [-0.39, 0.29) is 24.6 Å². The number of benzene rings is 1. The molecule has 1 fully saturated rings. The van der Waals surface area contributed by atoms with Crippen LogP contribution in [0.3, 0.4) is 0 Å². The van der Waals surface area contributed by atoms with Crippen LogP contribution in [0.2, 0.25) is 0 Å². The number of para-hydroxylation sites is 1. The largest absolute Gasteiger partial charge is 0.481 e. The van der Waals surface area contributed by atoms with Crippen LogP contribution in [0.4, 0.5) is 0 Å². The quantitative estimate of drug-likeness (QED) is 0.830. The number of nitrogens with zero attached hydrogens (tertiary/aromatic N) is 2. The lowest BCUT2D eigenvalue weighted by Crippen LogP contribution is -2.47. The molecule has 2 amide bonds. The molecule has 1 atom stereocenters. The number of amides is 2. The van der Waals surface area contributed by atoms with Crippen molar-refractivity contribution < 1.29 is 19.5 Å². The van der Waals surface area contributed by atoms with Gasteiger partial charge >= 0.3 is 5.97 Å². The third-order valence-corrected chi connectivity index (χ3v) is 4.82. The van der Waals surface area contributed by atoms with Gasteiger partial charge in [-0.1, -0.05) is 18.2 Å². The van der Waals surface area contributed by atoms with Crippen molar-refractivity contribution in [3.05, 3.63) is 46.2 Å². The highest BCUT2D eigenvalue weighted by Crippen LogP contribution is 2.18. The van der Waals surface area contributed by atoms with E-state index in [1.54, 1.807) is 24.3 Å². The molecule has 0 radical (unpaired) electrons. The van der Waals surface area contributed by atoms with Crippen molar-refractivity contribution in [3.63, 3.8) is 0 Å². The van der Waals surface area contributed by atoms with Gasteiger partial charge in [-0.15, -0.1) is 0 Å². The first kappa shape index (κ1) is 18.6. The van der Waals surface area contributed by atoms with Gasteiger partial charge in [-0.3, -0.25) is 19.2 Å². The molecule has 0 aliphatic carbocycles. The zero-order valence-electron chi connectivity index (χ0n) is 15.0. The first-order valence-electron chi connectivity index (χ1n) is 8.75. The van der Waals surface area contributed by atoms with Crippen molar-refractivity contribution >= 4 is 28.7 Å². The number of carbonyl (C=O) groups is 3. The van der Waals surface area contributed by atoms with E-state index < -0.39 is 23.4 Å². The topological polar surface area (TPSA) is 111 Å². The maximum Gasteiger partial charge on any atom is 0.308 e. The number of fused-ring (bicyclic) bond motifs is 1. The third-order valence-electron chi connectivity index (χ3n) is 4.82. The predicted octanol–water partition coefficient (Wildman–Crippen LogP) is 0.923. The monoisotopic (exact) mass is 371 g/mol. The van der Waals surface area contributed by atoms with E-state index in [0.29, 0.717) is 30.3 Å². The van der Waals surface area contributed by atoms with Gasteiger partial charge in [-0.2, -0.15) is 0 Å². The number of likely N-dealkylation sites (tertiary alicyclic amines) is 1. The molecule has 1 aliphatic heterocycles. The van der Waals surface area contributed by atoms with E-state index in [4.69, 9.17) is 5.11 Å². The number of carboxylic acid groups (broad SMARTS) is 1. The second-order valence-corrected chi connectivity index (χ2v) is 6.77. The summed E-state index contributed by atoms with van der Waals surface area (Å²) in [6, 6.07) is 8.19. The maximum atomic E-state index is 12.8. The molecule has 2 heterocycles. The second kappa shape index (κ2) is 7.61. The van der Waals surface area contributed by atoms with Crippen molar-refractivity contribution in [1.82, 2.24) is 14.8 Å².